The minimum Gasteiger partial charge on any atom is -0.325 e. The van der Waals surface area contributed by atoms with E-state index in [9.17, 15) is 4.79 Å². The molecule has 0 aliphatic heterocycles. The molecule has 1 aliphatic rings. The Bertz CT molecular complexity index is 449. The molecule has 1 N–H and O–H groups in total. The molecule has 1 saturated carbocycles. The number of carbonyl (C=O) groups excluding carboxylic acids is 1. The van der Waals surface area contributed by atoms with E-state index in [-0.39, 0.29) is 5.91 Å². The molecule has 1 atom stereocenters. The van der Waals surface area contributed by atoms with Gasteiger partial charge in [0.05, 0.1) is 5.41 Å². The Hall–Kier alpha value is -0.250. The second kappa shape index (κ2) is 3.90. The lowest BCUT2D eigenvalue weighted by Gasteiger charge is -2.12. The van der Waals surface area contributed by atoms with E-state index in [0.29, 0.717) is 6.42 Å². The zero-order valence-electron chi connectivity index (χ0n) is 8.56. The van der Waals surface area contributed by atoms with Gasteiger partial charge in [-0.1, -0.05) is 22.0 Å². The van der Waals surface area contributed by atoms with E-state index in [1.807, 2.05) is 24.3 Å². The minimum absolute atomic E-state index is 0.143. The molecule has 0 radical (unpaired) electrons. The summed E-state index contributed by atoms with van der Waals surface area (Å²) in [7, 11) is 0. The van der Waals surface area contributed by atoms with Gasteiger partial charge in [-0.15, -0.1) is 23.2 Å². The Morgan fingerprint density at radius 1 is 1.50 bits per heavy atom. The molecule has 16 heavy (non-hydrogen) atoms. The maximum Gasteiger partial charge on any atom is 0.233 e. The van der Waals surface area contributed by atoms with E-state index in [2.05, 4.69) is 21.2 Å². The first kappa shape index (κ1) is 12.2. The molecule has 0 aromatic heterocycles. The van der Waals surface area contributed by atoms with Gasteiger partial charge in [0.25, 0.3) is 0 Å². The van der Waals surface area contributed by atoms with Crippen LogP contribution in [0.4, 0.5) is 5.69 Å². The van der Waals surface area contributed by atoms with E-state index in [1.165, 1.54) is 0 Å². The molecule has 0 saturated heterocycles. The lowest BCUT2D eigenvalue weighted by atomic mass is 10.1. The van der Waals surface area contributed by atoms with E-state index in [0.717, 1.165) is 10.2 Å². The summed E-state index contributed by atoms with van der Waals surface area (Å²) in [5, 5.41) is 2.80. The largest absolute Gasteiger partial charge is 0.325 e. The van der Waals surface area contributed by atoms with Crippen LogP contribution in [-0.4, -0.2) is 10.2 Å². The van der Waals surface area contributed by atoms with E-state index >= 15 is 0 Å². The fraction of sp³-hybridized carbons (Fsp3) is 0.364. The third kappa shape index (κ3) is 2.08. The van der Waals surface area contributed by atoms with E-state index in [1.54, 1.807) is 6.92 Å². The van der Waals surface area contributed by atoms with Crippen LogP contribution >= 0.6 is 39.1 Å². The van der Waals surface area contributed by atoms with Gasteiger partial charge in [-0.2, -0.15) is 0 Å². The quantitative estimate of drug-likeness (QED) is 0.820. The van der Waals surface area contributed by atoms with Crippen LogP contribution in [0, 0.1) is 5.41 Å². The summed E-state index contributed by atoms with van der Waals surface area (Å²) in [5.74, 6) is -0.143. The van der Waals surface area contributed by atoms with Crippen molar-refractivity contribution in [3.8, 4) is 0 Å². The summed E-state index contributed by atoms with van der Waals surface area (Å²) in [4.78, 5) is 11.9. The van der Waals surface area contributed by atoms with Gasteiger partial charge < -0.3 is 5.32 Å². The average molecular weight is 323 g/mol. The van der Waals surface area contributed by atoms with Gasteiger partial charge >= 0.3 is 0 Å². The molecule has 2 nitrogen and oxygen atoms in total. The second-order valence-corrected chi connectivity index (χ2v) is 6.58. The van der Waals surface area contributed by atoms with Gasteiger partial charge in [-0.25, -0.2) is 0 Å². The Kier molecular flexibility index (Phi) is 2.97. The lowest BCUT2D eigenvalue weighted by Crippen LogP contribution is -2.25. The zero-order chi connectivity index (χ0) is 12.0. The van der Waals surface area contributed by atoms with Gasteiger partial charge in [0, 0.05) is 10.2 Å². The fourth-order valence-electron chi connectivity index (χ4n) is 1.48. The van der Waals surface area contributed by atoms with Gasteiger partial charge in [0.1, 0.15) is 4.33 Å². The molecule has 0 bridgehead atoms. The molecule has 0 heterocycles. The molecule has 5 heteroatoms. The van der Waals surface area contributed by atoms with E-state index in [4.69, 9.17) is 23.2 Å². The number of alkyl halides is 2. The molecule has 1 amide bonds. The Labute approximate surface area is 112 Å². The summed E-state index contributed by atoms with van der Waals surface area (Å²) in [6.45, 7) is 1.76. The van der Waals surface area contributed by atoms with Gasteiger partial charge in [0.15, 0.2) is 0 Å². The lowest BCUT2D eigenvalue weighted by molar-refractivity contribution is -0.120. The third-order valence-corrected chi connectivity index (χ3v) is 4.44. The number of carbonyl (C=O) groups is 1. The van der Waals surface area contributed by atoms with Crippen molar-refractivity contribution in [2.24, 2.45) is 5.41 Å². The molecule has 0 spiro atoms. The molecular weight excluding hydrogens is 313 g/mol. The van der Waals surface area contributed by atoms with Crippen molar-refractivity contribution in [1.29, 1.82) is 0 Å². The van der Waals surface area contributed by atoms with Crippen LogP contribution in [-0.2, 0) is 4.79 Å². The van der Waals surface area contributed by atoms with Crippen molar-refractivity contribution in [2.45, 2.75) is 17.7 Å². The highest BCUT2D eigenvalue weighted by molar-refractivity contribution is 9.10. The van der Waals surface area contributed by atoms with Crippen molar-refractivity contribution in [2.75, 3.05) is 5.32 Å². The van der Waals surface area contributed by atoms with Crippen LogP contribution in [0.15, 0.2) is 28.7 Å². The second-order valence-electron chi connectivity index (χ2n) is 4.18. The predicted octanol–water partition coefficient (Wildman–Crippen LogP) is 3.97. The summed E-state index contributed by atoms with van der Waals surface area (Å²) < 4.78 is -0.0161. The monoisotopic (exact) mass is 321 g/mol. The molecule has 1 unspecified atom stereocenters. The maximum absolute atomic E-state index is 11.9. The van der Waals surface area contributed by atoms with Crippen LogP contribution in [0.2, 0.25) is 0 Å². The highest BCUT2D eigenvalue weighted by Crippen LogP contribution is 2.64. The highest BCUT2D eigenvalue weighted by Gasteiger charge is 2.67. The Morgan fingerprint density at radius 2 is 2.12 bits per heavy atom. The third-order valence-electron chi connectivity index (χ3n) is 2.84. The summed E-state index contributed by atoms with van der Waals surface area (Å²) in [5.41, 5.74) is 0.0509. The van der Waals surface area contributed by atoms with Crippen molar-refractivity contribution in [1.82, 2.24) is 0 Å². The number of benzene rings is 1. The van der Waals surface area contributed by atoms with Crippen molar-refractivity contribution in [3.05, 3.63) is 28.7 Å². The molecular formula is C11H10BrCl2NO. The normalized spacial score (nSPS) is 26.2. The smallest absolute Gasteiger partial charge is 0.233 e. The summed E-state index contributed by atoms with van der Waals surface area (Å²) in [6, 6.07) is 7.39. The first-order valence-electron chi connectivity index (χ1n) is 4.80. The first-order valence-corrected chi connectivity index (χ1v) is 6.35. The molecule has 2 rings (SSSR count). The highest BCUT2D eigenvalue weighted by atomic mass is 79.9. The number of amides is 1. The predicted molar refractivity (Wildman–Crippen MR) is 69.9 cm³/mol. The van der Waals surface area contributed by atoms with Crippen LogP contribution in [0.5, 0.6) is 0 Å². The number of halogens is 3. The fourth-order valence-corrected chi connectivity index (χ4v) is 2.59. The van der Waals surface area contributed by atoms with Gasteiger partial charge in [-0.05, 0) is 31.5 Å². The standard InChI is InChI=1S/C11H10BrCl2NO/c1-10(6-11(10,13)14)9(16)15-8-4-2-3-7(12)5-8/h2-5H,6H2,1H3,(H,15,16). The molecule has 86 valence electrons. The Morgan fingerprint density at radius 3 is 2.62 bits per heavy atom. The average Bonchev–Trinajstić information content (AvgIpc) is 2.67. The molecule has 1 fully saturated rings. The minimum atomic E-state index is -0.927. The number of rotatable bonds is 2. The van der Waals surface area contributed by atoms with Gasteiger partial charge in [-0.3, -0.25) is 4.79 Å². The number of hydrogen-bond donors (Lipinski definition) is 1. The van der Waals surface area contributed by atoms with Gasteiger partial charge in [0.2, 0.25) is 5.91 Å². The van der Waals surface area contributed by atoms with Crippen LogP contribution in [0.1, 0.15) is 13.3 Å². The topological polar surface area (TPSA) is 29.1 Å². The first-order chi connectivity index (χ1) is 7.35. The summed E-state index contributed by atoms with van der Waals surface area (Å²) >= 11 is 15.2. The van der Waals surface area contributed by atoms with Crippen LogP contribution in [0.25, 0.3) is 0 Å². The Balaban J connectivity index is 2.10. The zero-order valence-corrected chi connectivity index (χ0v) is 11.7. The van der Waals surface area contributed by atoms with Crippen molar-refractivity contribution < 1.29 is 4.79 Å². The van der Waals surface area contributed by atoms with Crippen LogP contribution in [0.3, 0.4) is 0 Å². The maximum atomic E-state index is 11.9. The number of anilines is 1. The van der Waals surface area contributed by atoms with Crippen molar-refractivity contribution in [3.63, 3.8) is 0 Å². The summed E-state index contributed by atoms with van der Waals surface area (Å²) in [6.07, 6.45) is 0.489. The number of hydrogen-bond acceptors (Lipinski definition) is 1. The van der Waals surface area contributed by atoms with Crippen molar-refractivity contribution >= 4 is 50.7 Å². The SMILES string of the molecule is CC1(C(=O)Nc2cccc(Br)c2)CC1(Cl)Cl. The van der Waals surface area contributed by atoms with Crippen LogP contribution < -0.4 is 5.32 Å². The molecule has 1 aliphatic carbocycles. The number of nitrogens with one attached hydrogen (secondary N) is 1. The van der Waals surface area contributed by atoms with E-state index < -0.39 is 9.75 Å². The molecule has 1 aromatic carbocycles. The molecule has 1 aromatic rings.